The van der Waals surface area contributed by atoms with Gasteiger partial charge >= 0.3 is 0 Å². The van der Waals surface area contributed by atoms with Crippen LogP contribution in [-0.4, -0.2) is 28.6 Å². The van der Waals surface area contributed by atoms with E-state index in [2.05, 4.69) is 10.3 Å². The fourth-order valence-corrected chi connectivity index (χ4v) is 4.55. The molecule has 2 aromatic carbocycles. The lowest BCUT2D eigenvalue weighted by atomic mass is 9.94. The SMILES string of the molecule is CC(=O)c1ccc(N(C(=O)c2ccccn2)[C@H](C(=O)NC2CCCCC2)c2ccc(C)cc2)cc1. The van der Waals surface area contributed by atoms with Crippen LogP contribution in [-0.2, 0) is 4.79 Å². The van der Waals surface area contributed by atoms with Gasteiger partial charge in [0.05, 0.1) is 0 Å². The Balaban J connectivity index is 1.80. The number of carbonyl (C=O) groups is 3. The second-order valence-electron chi connectivity index (χ2n) is 9.15. The second kappa shape index (κ2) is 11.1. The van der Waals surface area contributed by atoms with Crippen LogP contribution in [0.1, 0.15) is 77.0 Å². The van der Waals surface area contributed by atoms with E-state index in [4.69, 9.17) is 0 Å². The molecule has 4 rings (SSSR count). The minimum atomic E-state index is -0.893. The molecule has 6 heteroatoms. The van der Waals surface area contributed by atoms with E-state index in [0.29, 0.717) is 16.8 Å². The van der Waals surface area contributed by atoms with Crippen molar-refractivity contribution in [3.05, 3.63) is 95.3 Å². The number of amides is 2. The molecular formula is C29H31N3O3. The molecule has 1 aliphatic carbocycles. The molecular weight excluding hydrogens is 438 g/mol. The first kappa shape index (κ1) is 24.3. The van der Waals surface area contributed by atoms with E-state index in [9.17, 15) is 14.4 Å². The molecule has 1 N–H and O–H groups in total. The zero-order valence-electron chi connectivity index (χ0n) is 20.2. The summed E-state index contributed by atoms with van der Waals surface area (Å²) in [5.41, 5.74) is 3.08. The Morgan fingerprint density at radius 3 is 2.20 bits per heavy atom. The van der Waals surface area contributed by atoms with Gasteiger partial charge in [-0.3, -0.25) is 24.3 Å². The highest BCUT2D eigenvalue weighted by molar-refractivity contribution is 6.09. The third-order valence-electron chi connectivity index (χ3n) is 6.51. The van der Waals surface area contributed by atoms with Crippen LogP contribution < -0.4 is 10.2 Å². The molecule has 2 amide bonds. The second-order valence-corrected chi connectivity index (χ2v) is 9.15. The number of Topliss-reactive ketones (excluding diaryl/α,β-unsaturated/α-hetero) is 1. The molecule has 0 bridgehead atoms. The Kier molecular flexibility index (Phi) is 7.70. The van der Waals surface area contributed by atoms with E-state index < -0.39 is 6.04 Å². The van der Waals surface area contributed by atoms with Crippen molar-refractivity contribution >= 4 is 23.3 Å². The molecule has 180 valence electrons. The lowest BCUT2D eigenvalue weighted by Gasteiger charge is -2.33. The van der Waals surface area contributed by atoms with Gasteiger partial charge in [-0.1, -0.05) is 55.2 Å². The number of hydrogen-bond acceptors (Lipinski definition) is 4. The summed E-state index contributed by atoms with van der Waals surface area (Å²) >= 11 is 0. The van der Waals surface area contributed by atoms with Crippen LogP contribution in [0.15, 0.2) is 72.9 Å². The van der Waals surface area contributed by atoms with Crippen LogP contribution in [0.25, 0.3) is 0 Å². The first-order chi connectivity index (χ1) is 16.9. The van der Waals surface area contributed by atoms with Crippen LogP contribution in [0.4, 0.5) is 5.69 Å². The van der Waals surface area contributed by atoms with Crippen molar-refractivity contribution in [2.45, 2.75) is 58.0 Å². The van der Waals surface area contributed by atoms with Crippen molar-refractivity contribution in [2.75, 3.05) is 4.90 Å². The van der Waals surface area contributed by atoms with Gasteiger partial charge in [0.15, 0.2) is 5.78 Å². The molecule has 0 radical (unpaired) electrons. The third-order valence-corrected chi connectivity index (χ3v) is 6.51. The van der Waals surface area contributed by atoms with Gasteiger partial charge in [-0.05, 0) is 68.7 Å². The van der Waals surface area contributed by atoms with E-state index in [1.807, 2.05) is 31.2 Å². The zero-order valence-corrected chi connectivity index (χ0v) is 20.2. The summed E-state index contributed by atoms with van der Waals surface area (Å²) in [7, 11) is 0. The molecule has 35 heavy (non-hydrogen) atoms. The predicted molar refractivity (Wildman–Crippen MR) is 136 cm³/mol. The molecule has 3 aromatic rings. The lowest BCUT2D eigenvalue weighted by molar-refractivity contribution is -0.123. The highest BCUT2D eigenvalue weighted by Crippen LogP contribution is 2.31. The number of pyridine rings is 1. The highest BCUT2D eigenvalue weighted by atomic mass is 16.2. The van der Waals surface area contributed by atoms with Gasteiger partial charge in [-0.25, -0.2) is 0 Å². The molecule has 1 heterocycles. The minimum absolute atomic E-state index is 0.0655. The maximum atomic E-state index is 13.9. The Labute approximate surface area is 206 Å². The summed E-state index contributed by atoms with van der Waals surface area (Å²) in [4.78, 5) is 45.3. The van der Waals surface area contributed by atoms with Crippen LogP contribution >= 0.6 is 0 Å². The van der Waals surface area contributed by atoms with Crippen LogP contribution in [0, 0.1) is 6.92 Å². The fraction of sp³-hybridized carbons (Fsp3) is 0.310. The standard InChI is InChI=1S/C29H31N3O3/c1-20-11-13-23(14-12-20)27(28(34)31-24-8-4-3-5-9-24)32(29(35)26-10-6-7-19-30-26)25-17-15-22(16-18-25)21(2)33/h6-7,10-19,24,27H,3-5,8-9H2,1-2H3,(H,31,34)/t27-/m0/s1. The zero-order chi connectivity index (χ0) is 24.8. The van der Waals surface area contributed by atoms with Gasteiger partial charge in [-0.15, -0.1) is 0 Å². The van der Waals surface area contributed by atoms with Gasteiger partial charge in [0, 0.05) is 23.5 Å². The van der Waals surface area contributed by atoms with E-state index in [0.717, 1.165) is 31.2 Å². The van der Waals surface area contributed by atoms with Crippen molar-refractivity contribution in [2.24, 2.45) is 0 Å². The first-order valence-electron chi connectivity index (χ1n) is 12.2. The highest BCUT2D eigenvalue weighted by Gasteiger charge is 2.35. The smallest absolute Gasteiger partial charge is 0.277 e. The van der Waals surface area contributed by atoms with Crippen LogP contribution in [0.3, 0.4) is 0 Å². The summed E-state index contributed by atoms with van der Waals surface area (Å²) in [5.74, 6) is -0.671. The summed E-state index contributed by atoms with van der Waals surface area (Å²) in [6.07, 6.45) is 6.79. The number of rotatable bonds is 7. The predicted octanol–water partition coefficient (Wildman–Crippen LogP) is 5.43. The number of aryl methyl sites for hydroxylation is 1. The Morgan fingerprint density at radius 1 is 0.914 bits per heavy atom. The largest absolute Gasteiger partial charge is 0.351 e. The van der Waals surface area contributed by atoms with Gasteiger partial charge in [0.1, 0.15) is 11.7 Å². The van der Waals surface area contributed by atoms with Crippen molar-refractivity contribution in [3.63, 3.8) is 0 Å². The topological polar surface area (TPSA) is 79.4 Å². The monoisotopic (exact) mass is 469 g/mol. The number of aromatic nitrogens is 1. The average molecular weight is 470 g/mol. The average Bonchev–Trinajstić information content (AvgIpc) is 2.88. The number of nitrogens with zero attached hydrogens (tertiary/aromatic N) is 2. The number of ketones is 1. The van der Waals surface area contributed by atoms with E-state index in [1.54, 1.807) is 48.7 Å². The van der Waals surface area contributed by atoms with Crippen molar-refractivity contribution in [1.82, 2.24) is 10.3 Å². The quantitative estimate of drug-likeness (QED) is 0.468. The van der Waals surface area contributed by atoms with Crippen LogP contribution in [0.5, 0.6) is 0 Å². The molecule has 0 unspecified atom stereocenters. The van der Waals surface area contributed by atoms with Crippen molar-refractivity contribution in [3.8, 4) is 0 Å². The fourth-order valence-electron chi connectivity index (χ4n) is 4.55. The Bertz CT molecular complexity index is 1170. The maximum Gasteiger partial charge on any atom is 0.277 e. The molecule has 1 atom stereocenters. The number of carbonyl (C=O) groups excluding carboxylic acids is 3. The minimum Gasteiger partial charge on any atom is -0.351 e. The number of nitrogens with one attached hydrogen (secondary N) is 1. The molecule has 6 nitrogen and oxygen atoms in total. The van der Waals surface area contributed by atoms with E-state index in [-0.39, 0.29) is 29.3 Å². The van der Waals surface area contributed by atoms with Gasteiger partial charge in [-0.2, -0.15) is 0 Å². The van der Waals surface area contributed by atoms with Crippen molar-refractivity contribution < 1.29 is 14.4 Å². The Morgan fingerprint density at radius 2 is 1.60 bits per heavy atom. The molecule has 1 aromatic heterocycles. The molecule has 1 saturated carbocycles. The van der Waals surface area contributed by atoms with E-state index >= 15 is 0 Å². The summed E-state index contributed by atoms with van der Waals surface area (Å²) in [6, 6.07) is 18.8. The molecule has 0 aliphatic heterocycles. The lowest BCUT2D eigenvalue weighted by Crippen LogP contribution is -2.47. The normalized spacial score (nSPS) is 14.7. The number of anilines is 1. The van der Waals surface area contributed by atoms with E-state index in [1.165, 1.54) is 18.2 Å². The van der Waals surface area contributed by atoms with Gasteiger partial charge in [0.2, 0.25) is 5.91 Å². The molecule has 1 fully saturated rings. The molecule has 0 saturated heterocycles. The third kappa shape index (κ3) is 5.83. The van der Waals surface area contributed by atoms with Gasteiger partial charge in [0.25, 0.3) is 5.91 Å². The molecule has 1 aliphatic rings. The Hall–Kier alpha value is -3.80. The maximum absolute atomic E-state index is 13.9. The van der Waals surface area contributed by atoms with Gasteiger partial charge < -0.3 is 5.32 Å². The van der Waals surface area contributed by atoms with Crippen molar-refractivity contribution in [1.29, 1.82) is 0 Å². The summed E-state index contributed by atoms with van der Waals surface area (Å²) in [5, 5.41) is 3.21. The molecule has 0 spiro atoms. The van der Waals surface area contributed by atoms with Crippen LogP contribution in [0.2, 0.25) is 0 Å². The summed E-state index contributed by atoms with van der Waals surface area (Å²) in [6.45, 7) is 3.48. The first-order valence-corrected chi connectivity index (χ1v) is 12.2. The number of benzene rings is 2. The summed E-state index contributed by atoms with van der Waals surface area (Å²) < 4.78 is 0. The number of hydrogen-bond donors (Lipinski definition) is 1.